The van der Waals surface area contributed by atoms with E-state index in [2.05, 4.69) is 15.5 Å². The van der Waals surface area contributed by atoms with E-state index in [0.29, 0.717) is 6.54 Å². The lowest BCUT2D eigenvalue weighted by Gasteiger charge is -1.99. The van der Waals surface area contributed by atoms with Gasteiger partial charge in [0.05, 0.1) is 0 Å². The van der Waals surface area contributed by atoms with Crippen LogP contribution in [0.15, 0.2) is 34.7 Å². The molecule has 0 fully saturated rings. The van der Waals surface area contributed by atoms with Crippen molar-refractivity contribution in [1.82, 2.24) is 10.2 Å². The maximum absolute atomic E-state index is 5.43. The van der Waals surface area contributed by atoms with Crippen molar-refractivity contribution >= 4 is 33.9 Å². The van der Waals surface area contributed by atoms with Gasteiger partial charge in [0.1, 0.15) is 0 Å². The Bertz CT molecular complexity index is 429. The summed E-state index contributed by atoms with van der Waals surface area (Å²) in [5.41, 5.74) is 6.45. The maximum Gasteiger partial charge on any atom is 0.210 e. The van der Waals surface area contributed by atoms with Crippen LogP contribution in [0.1, 0.15) is 0 Å². The van der Waals surface area contributed by atoms with Crippen LogP contribution in [-0.4, -0.2) is 22.5 Å². The van der Waals surface area contributed by atoms with E-state index < -0.39 is 0 Å². The number of aromatic nitrogens is 2. The van der Waals surface area contributed by atoms with Crippen LogP contribution < -0.4 is 11.1 Å². The quantitative estimate of drug-likeness (QED) is 0.800. The van der Waals surface area contributed by atoms with Gasteiger partial charge in [0.15, 0.2) is 4.34 Å². The first-order valence-electron chi connectivity index (χ1n) is 4.87. The van der Waals surface area contributed by atoms with Gasteiger partial charge in [0, 0.05) is 18.0 Å². The largest absolute Gasteiger partial charge is 0.330 e. The Hall–Kier alpha value is -1.11. The van der Waals surface area contributed by atoms with Gasteiger partial charge < -0.3 is 11.1 Å². The molecular formula is C10H12N4S2. The highest BCUT2D eigenvalue weighted by Crippen LogP contribution is 2.26. The van der Waals surface area contributed by atoms with Crippen LogP contribution in [0.5, 0.6) is 0 Å². The van der Waals surface area contributed by atoms with E-state index in [9.17, 15) is 0 Å². The second-order valence-corrected chi connectivity index (χ2v) is 5.32. The molecule has 2 aromatic rings. The number of nitrogens with two attached hydrogens (primary N) is 1. The van der Waals surface area contributed by atoms with Gasteiger partial charge in [-0.1, -0.05) is 41.3 Å². The lowest BCUT2D eigenvalue weighted by Crippen LogP contribution is -2.00. The van der Waals surface area contributed by atoms with Crippen molar-refractivity contribution in [3.63, 3.8) is 0 Å². The Kier molecular flexibility index (Phi) is 4.15. The van der Waals surface area contributed by atoms with Gasteiger partial charge in [0.2, 0.25) is 5.13 Å². The average Bonchev–Trinajstić information content (AvgIpc) is 2.75. The summed E-state index contributed by atoms with van der Waals surface area (Å²) >= 11 is 3.17. The highest BCUT2D eigenvalue weighted by atomic mass is 32.2. The Morgan fingerprint density at radius 1 is 1.25 bits per heavy atom. The van der Waals surface area contributed by atoms with Gasteiger partial charge in [-0.3, -0.25) is 0 Å². The number of rotatable bonds is 5. The summed E-state index contributed by atoms with van der Waals surface area (Å²) in [6, 6.07) is 9.93. The number of hydrogen-bond donors (Lipinski definition) is 2. The Balaban J connectivity index is 1.97. The van der Waals surface area contributed by atoms with Gasteiger partial charge in [-0.2, -0.15) is 0 Å². The molecule has 0 aliphatic carbocycles. The van der Waals surface area contributed by atoms with Crippen LogP contribution in [0.3, 0.4) is 0 Å². The summed E-state index contributed by atoms with van der Waals surface area (Å²) in [6.45, 7) is 0.658. The van der Waals surface area contributed by atoms with Gasteiger partial charge >= 0.3 is 0 Å². The van der Waals surface area contributed by atoms with Gasteiger partial charge in [0.25, 0.3) is 0 Å². The second kappa shape index (κ2) is 5.83. The molecule has 1 heterocycles. The molecule has 4 nitrogen and oxygen atoms in total. The summed E-state index contributed by atoms with van der Waals surface area (Å²) in [4.78, 5) is 0. The highest BCUT2D eigenvalue weighted by molar-refractivity contribution is 8.01. The zero-order chi connectivity index (χ0) is 11.2. The zero-order valence-corrected chi connectivity index (χ0v) is 10.2. The molecule has 0 radical (unpaired) electrons. The number of thioether (sulfide) groups is 1. The molecule has 0 spiro atoms. The maximum atomic E-state index is 5.43. The molecule has 16 heavy (non-hydrogen) atoms. The monoisotopic (exact) mass is 252 g/mol. The SMILES string of the molecule is NCCSc1nnc(Nc2ccccc2)s1. The number of nitrogens with one attached hydrogen (secondary N) is 1. The standard InChI is InChI=1S/C10H12N4S2/c11-6-7-15-10-14-13-9(16-10)12-8-4-2-1-3-5-8/h1-5H,6-7,11H2,(H,12,13). The van der Waals surface area contributed by atoms with E-state index in [-0.39, 0.29) is 0 Å². The fourth-order valence-electron chi connectivity index (χ4n) is 1.11. The van der Waals surface area contributed by atoms with Crippen molar-refractivity contribution in [1.29, 1.82) is 0 Å². The van der Waals surface area contributed by atoms with E-state index in [0.717, 1.165) is 20.9 Å². The summed E-state index contributed by atoms with van der Waals surface area (Å²) in [6.07, 6.45) is 0. The molecular weight excluding hydrogens is 240 g/mol. The molecule has 0 aliphatic rings. The molecule has 6 heteroatoms. The smallest absolute Gasteiger partial charge is 0.210 e. The third-order valence-electron chi connectivity index (χ3n) is 1.77. The Labute approximate surface area is 102 Å². The summed E-state index contributed by atoms with van der Waals surface area (Å²) in [5.74, 6) is 0.875. The molecule has 84 valence electrons. The molecule has 0 unspecified atom stereocenters. The van der Waals surface area contributed by atoms with E-state index in [1.165, 1.54) is 0 Å². The van der Waals surface area contributed by atoms with Gasteiger partial charge in [-0.05, 0) is 12.1 Å². The molecule has 1 aromatic heterocycles. The molecule has 0 aliphatic heterocycles. The lowest BCUT2D eigenvalue weighted by molar-refractivity contribution is 1.01. The van der Waals surface area contributed by atoms with Crippen LogP contribution in [-0.2, 0) is 0 Å². The lowest BCUT2D eigenvalue weighted by atomic mass is 10.3. The van der Waals surface area contributed by atoms with Crippen LogP contribution in [0.4, 0.5) is 10.8 Å². The molecule has 1 aromatic carbocycles. The van der Waals surface area contributed by atoms with E-state index in [1.54, 1.807) is 23.1 Å². The van der Waals surface area contributed by atoms with Crippen LogP contribution in [0, 0.1) is 0 Å². The first kappa shape index (κ1) is 11.4. The molecule has 0 bridgehead atoms. The second-order valence-electron chi connectivity index (χ2n) is 3.00. The summed E-state index contributed by atoms with van der Waals surface area (Å²) < 4.78 is 0.948. The van der Waals surface area contributed by atoms with E-state index in [1.807, 2.05) is 30.3 Å². The fraction of sp³-hybridized carbons (Fsp3) is 0.200. The van der Waals surface area contributed by atoms with Crippen molar-refractivity contribution in [2.24, 2.45) is 5.73 Å². The predicted molar refractivity (Wildman–Crippen MR) is 69.4 cm³/mol. The number of anilines is 2. The highest BCUT2D eigenvalue weighted by Gasteiger charge is 2.03. The number of hydrogen-bond acceptors (Lipinski definition) is 6. The van der Waals surface area contributed by atoms with Crippen molar-refractivity contribution in [3.05, 3.63) is 30.3 Å². The van der Waals surface area contributed by atoms with Crippen molar-refractivity contribution in [2.45, 2.75) is 4.34 Å². The topological polar surface area (TPSA) is 63.8 Å². The van der Waals surface area contributed by atoms with Crippen LogP contribution in [0.2, 0.25) is 0 Å². The first-order valence-corrected chi connectivity index (χ1v) is 6.67. The summed E-state index contributed by atoms with van der Waals surface area (Å²) in [5, 5.41) is 12.1. The normalized spacial score (nSPS) is 10.3. The molecule has 0 saturated carbocycles. The number of nitrogens with zero attached hydrogens (tertiary/aromatic N) is 2. The minimum Gasteiger partial charge on any atom is -0.330 e. The number of benzene rings is 1. The zero-order valence-electron chi connectivity index (χ0n) is 8.59. The van der Waals surface area contributed by atoms with Gasteiger partial charge in [-0.15, -0.1) is 10.2 Å². The van der Waals surface area contributed by atoms with Crippen LogP contribution in [0.25, 0.3) is 0 Å². The molecule has 0 atom stereocenters. The first-order chi connectivity index (χ1) is 7.88. The summed E-state index contributed by atoms with van der Waals surface area (Å²) in [7, 11) is 0. The third-order valence-corrected chi connectivity index (χ3v) is 3.78. The Morgan fingerprint density at radius 3 is 2.81 bits per heavy atom. The fourth-order valence-corrected chi connectivity index (χ4v) is 2.72. The molecule has 2 rings (SSSR count). The van der Waals surface area contributed by atoms with Gasteiger partial charge in [-0.25, -0.2) is 0 Å². The minimum absolute atomic E-state index is 0.658. The van der Waals surface area contributed by atoms with Crippen molar-refractivity contribution < 1.29 is 0 Å². The molecule has 0 saturated heterocycles. The van der Waals surface area contributed by atoms with Crippen LogP contribution >= 0.6 is 23.1 Å². The van der Waals surface area contributed by atoms with E-state index >= 15 is 0 Å². The average molecular weight is 252 g/mol. The van der Waals surface area contributed by atoms with Crippen molar-refractivity contribution in [3.8, 4) is 0 Å². The Morgan fingerprint density at radius 2 is 2.06 bits per heavy atom. The van der Waals surface area contributed by atoms with E-state index in [4.69, 9.17) is 5.73 Å². The predicted octanol–water partition coefficient (Wildman–Crippen LogP) is 2.33. The van der Waals surface area contributed by atoms with Crippen molar-refractivity contribution in [2.75, 3.05) is 17.6 Å². The third kappa shape index (κ3) is 3.19. The minimum atomic E-state index is 0.658. The molecule has 0 amide bonds. The number of para-hydroxylation sites is 1. The molecule has 3 N–H and O–H groups in total.